The zero-order chi connectivity index (χ0) is 12.4. The van der Waals surface area contributed by atoms with E-state index in [2.05, 4.69) is 49.4 Å². The van der Waals surface area contributed by atoms with Crippen molar-refractivity contribution < 1.29 is 4.79 Å². The van der Waals surface area contributed by atoms with Crippen molar-refractivity contribution in [2.24, 2.45) is 11.8 Å². The summed E-state index contributed by atoms with van der Waals surface area (Å²) in [4.78, 5) is 12.1. The normalized spacial score (nSPS) is 23.7. The number of rotatable bonds is 2. The van der Waals surface area contributed by atoms with Crippen molar-refractivity contribution >= 4 is 43.5 Å². The first-order chi connectivity index (χ1) is 8.08. The van der Waals surface area contributed by atoms with Crippen LogP contribution < -0.4 is 10.6 Å². The molecule has 1 aliphatic heterocycles. The summed E-state index contributed by atoms with van der Waals surface area (Å²) in [6.45, 7) is 3.77. The summed E-state index contributed by atoms with van der Waals surface area (Å²) >= 11 is 6.83. The highest BCUT2D eigenvalue weighted by Gasteiger charge is 2.29. The zero-order valence-electron chi connectivity index (χ0n) is 9.47. The van der Waals surface area contributed by atoms with E-state index in [-0.39, 0.29) is 11.8 Å². The van der Waals surface area contributed by atoms with Crippen LogP contribution in [0.1, 0.15) is 6.92 Å². The second-order valence-electron chi connectivity index (χ2n) is 4.36. The lowest BCUT2D eigenvalue weighted by Crippen LogP contribution is -2.27. The second-order valence-corrected chi connectivity index (χ2v) is 6.13. The Kier molecular flexibility index (Phi) is 4.22. The molecule has 1 fully saturated rings. The van der Waals surface area contributed by atoms with E-state index in [9.17, 15) is 4.79 Å². The van der Waals surface area contributed by atoms with Gasteiger partial charge in [0.25, 0.3) is 0 Å². The molecule has 1 amide bonds. The predicted octanol–water partition coefficient (Wildman–Crippen LogP) is 3.01. The van der Waals surface area contributed by atoms with Crippen LogP contribution in [0.15, 0.2) is 27.1 Å². The predicted molar refractivity (Wildman–Crippen MR) is 76.0 cm³/mol. The van der Waals surface area contributed by atoms with Crippen LogP contribution >= 0.6 is 31.9 Å². The molecule has 0 aromatic heterocycles. The summed E-state index contributed by atoms with van der Waals surface area (Å²) in [6.07, 6.45) is 0. The molecule has 0 radical (unpaired) electrons. The number of nitrogens with one attached hydrogen (secondary N) is 2. The molecule has 2 rings (SSSR count). The first-order valence-electron chi connectivity index (χ1n) is 5.54. The fourth-order valence-corrected chi connectivity index (χ4v) is 2.69. The molecule has 1 aromatic carbocycles. The molecule has 0 spiro atoms. The Morgan fingerprint density at radius 2 is 2.18 bits per heavy atom. The minimum Gasteiger partial charge on any atom is -0.325 e. The van der Waals surface area contributed by atoms with Gasteiger partial charge in [-0.2, -0.15) is 0 Å². The highest BCUT2D eigenvalue weighted by atomic mass is 79.9. The van der Waals surface area contributed by atoms with Crippen molar-refractivity contribution in [3.05, 3.63) is 27.1 Å². The maximum Gasteiger partial charge on any atom is 0.229 e. The van der Waals surface area contributed by atoms with E-state index in [0.717, 1.165) is 27.7 Å². The van der Waals surface area contributed by atoms with Crippen molar-refractivity contribution in [3.63, 3.8) is 0 Å². The number of hydrogen-bond donors (Lipinski definition) is 2. The molecule has 17 heavy (non-hydrogen) atoms. The van der Waals surface area contributed by atoms with Gasteiger partial charge >= 0.3 is 0 Å². The van der Waals surface area contributed by atoms with Gasteiger partial charge in [-0.1, -0.05) is 22.9 Å². The molecule has 0 bridgehead atoms. The van der Waals surface area contributed by atoms with E-state index >= 15 is 0 Å². The van der Waals surface area contributed by atoms with Crippen molar-refractivity contribution in [1.82, 2.24) is 5.32 Å². The highest BCUT2D eigenvalue weighted by Crippen LogP contribution is 2.27. The molecule has 2 unspecified atom stereocenters. The Hall–Kier alpha value is -0.390. The zero-order valence-corrected chi connectivity index (χ0v) is 12.6. The van der Waals surface area contributed by atoms with Gasteiger partial charge in [0.1, 0.15) is 0 Å². The number of anilines is 1. The van der Waals surface area contributed by atoms with Crippen LogP contribution in [0.4, 0.5) is 5.69 Å². The highest BCUT2D eigenvalue weighted by molar-refractivity contribution is 9.11. The number of benzene rings is 1. The number of amides is 1. The summed E-state index contributed by atoms with van der Waals surface area (Å²) in [6, 6.07) is 5.74. The van der Waals surface area contributed by atoms with Crippen molar-refractivity contribution in [2.75, 3.05) is 18.4 Å². The van der Waals surface area contributed by atoms with Gasteiger partial charge in [0.2, 0.25) is 5.91 Å². The Morgan fingerprint density at radius 1 is 1.41 bits per heavy atom. The van der Waals surface area contributed by atoms with Gasteiger partial charge in [-0.15, -0.1) is 0 Å². The molecule has 3 nitrogen and oxygen atoms in total. The van der Waals surface area contributed by atoms with Crippen LogP contribution in [0.3, 0.4) is 0 Å². The molecular formula is C12H14Br2N2O. The summed E-state index contributed by atoms with van der Waals surface area (Å²) in [5.74, 6) is 0.531. The smallest absolute Gasteiger partial charge is 0.229 e. The molecule has 5 heteroatoms. The van der Waals surface area contributed by atoms with Crippen LogP contribution in [-0.2, 0) is 4.79 Å². The van der Waals surface area contributed by atoms with Gasteiger partial charge in [-0.05, 0) is 46.6 Å². The topological polar surface area (TPSA) is 41.1 Å². The van der Waals surface area contributed by atoms with E-state index in [1.807, 2.05) is 18.2 Å². The van der Waals surface area contributed by atoms with Gasteiger partial charge in [-0.25, -0.2) is 0 Å². The molecule has 0 aliphatic carbocycles. The molecule has 1 aliphatic rings. The van der Waals surface area contributed by atoms with Gasteiger partial charge in [0.05, 0.1) is 11.6 Å². The number of carbonyl (C=O) groups is 1. The van der Waals surface area contributed by atoms with Crippen LogP contribution in [0.2, 0.25) is 0 Å². The van der Waals surface area contributed by atoms with Gasteiger partial charge in [0, 0.05) is 15.5 Å². The van der Waals surface area contributed by atoms with Crippen LogP contribution in [0.5, 0.6) is 0 Å². The molecule has 92 valence electrons. The number of halogens is 2. The van der Waals surface area contributed by atoms with Gasteiger partial charge < -0.3 is 10.6 Å². The molecule has 1 heterocycles. The van der Waals surface area contributed by atoms with Crippen LogP contribution in [0, 0.1) is 11.8 Å². The summed E-state index contributed by atoms with van der Waals surface area (Å²) in [5, 5.41) is 6.20. The number of hydrogen-bond acceptors (Lipinski definition) is 2. The minimum atomic E-state index is 0.0564. The van der Waals surface area contributed by atoms with Crippen LogP contribution in [0.25, 0.3) is 0 Å². The first-order valence-corrected chi connectivity index (χ1v) is 7.13. The largest absolute Gasteiger partial charge is 0.325 e. The molecule has 1 saturated heterocycles. The van der Waals surface area contributed by atoms with E-state index in [4.69, 9.17) is 0 Å². The molecule has 2 N–H and O–H groups in total. The fourth-order valence-electron chi connectivity index (χ4n) is 1.98. The lowest BCUT2D eigenvalue weighted by Gasteiger charge is -2.15. The monoisotopic (exact) mass is 360 g/mol. The lowest BCUT2D eigenvalue weighted by atomic mass is 9.97. The molecule has 1 aromatic rings. The standard InChI is InChI=1S/C12H14Br2N2O/c1-7-5-15-6-9(7)12(17)16-11-4-8(13)2-3-10(11)14/h2-4,7,9,15H,5-6H2,1H3,(H,16,17). The molecule has 2 atom stereocenters. The third-order valence-corrected chi connectivity index (χ3v) is 4.23. The van der Waals surface area contributed by atoms with Gasteiger partial charge in [-0.3, -0.25) is 4.79 Å². The lowest BCUT2D eigenvalue weighted by molar-refractivity contribution is -0.120. The molecular weight excluding hydrogens is 348 g/mol. The quantitative estimate of drug-likeness (QED) is 0.850. The Labute approximate surface area is 118 Å². The Balaban J connectivity index is 2.10. The van der Waals surface area contributed by atoms with Crippen molar-refractivity contribution in [2.45, 2.75) is 6.92 Å². The average molecular weight is 362 g/mol. The maximum atomic E-state index is 12.1. The molecule has 0 saturated carbocycles. The van der Waals surface area contributed by atoms with Crippen molar-refractivity contribution in [1.29, 1.82) is 0 Å². The average Bonchev–Trinajstić information content (AvgIpc) is 2.70. The fraction of sp³-hybridized carbons (Fsp3) is 0.417. The van der Waals surface area contributed by atoms with Crippen molar-refractivity contribution in [3.8, 4) is 0 Å². The van der Waals surface area contributed by atoms with Crippen LogP contribution in [-0.4, -0.2) is 19.0 Å². The second kappa shape index (κ2) is 5.50. The Bertz CT molecular complexity index is 437. The number of carbonyl (C=O) groups excluding carboxylic acids is 1. The van der Waals surface area contributed by atoms with E-state index < -0.39 is 0 Å². The van der Waals surface area contributed by atoms with Gasteiger partial charge in [0.15, 0.2) is 0 Å². The maximum absolute atomic E-state index is 12.1. The summed E-state index contributed by atoms with van der Waals surface area (Å²) in [7, 11) is 0. The summed E-state index contributed by atoms with van der Waals surface area (Å²) in [5.41, 5.74) is 0.809. The minimum absolute atomic E-state index is 0.0564. The van der Waals surface area contributed by atoms with E-state index in [0.29, 0.717) is 5.92 Å². The SMILES string of the molecule is CC1CNCC1C(=O)Nc1cc(Br)ccc1Br. The Morgan fingerprint density at radius 3 is 2.82 bits per heavy atom. The first kappa shape index (κ1) is 13.1. The summed E-state index contributed by atoms with van der Waals surface area (Å²) < 4.78 is 1.85. The van der Waals surface area contributed by atoms with E-state index in [1.165, 1.54) is 0 Å². The third-order valence-electron chi connectivity index (χ3n) is 3.04. The third kappa shape index (κ3) is 3.09. The van der Waals surface area contributed by atoms with E-state index in [1.54, 1.807) is 0 Å².